The molecule has 2 aromatic rings. The van der Waals surface area contributed by atoms with Crippen molar-refractivity contribution in [2.75, 3.05) is 13.7 Å². The highest BCUT2D eigenvalue weighted by molar-refractivity contribution is 7.91. The number of likely N-dealkylation sites (tertiary alicyclic amines) is 1. The lowest BCUT2D eigenvalue weighted by atomic mass is 9.85. The second-order valence-electron chi connectivity index (χ2n) is 15.2. The SMILES string of the molecule is C=C[C@@H]1C[C@]1(NC(=O)[C@@H]1CC(Oc2nccc3cc(OC)ccc23)CN1C(=O)[C@@H](NC(=O)OC(C)(C)C(Cl)(Cl)Cl)C(C)(C)C)C(=O)NS(=O)(=O)C1CC1. The largest absolute Gasteiger partial charge is 0.497 e. The van der Waals surface area contributed by atoms with Gasteiger partial charge in [0.05, 0.1) is 18.9 Å². The highest BCUT2D eigenvalue weighted by Crippen LogP contribution is 2.46. The van der Waals surface area contributed by atoms with Crippen molar-refractivity contribution in [3.63, 3.8) is 0 Å². The number of ether oxygens (including phenoxy) is 3. The van der Waals surface area contributed by atoms with Gasteiger partial charge in [-0.25, -0.2) is 18.2 Å². The maximum Gasteiger partial charge on any atom is 0.408 e. The molecule has 4 amide bonds. The average molecular weight is 817 g/mol. The summed E-state index contributed by atoms with van der Waals surface area (Å²) < 4.78 is 42.6. The van der Waals surface area contributed by atoms with Gasteiger partial charge in [0.25, 0.3) is 5.91 Å². The monoisotopic (exact) mass is 815 g/mol. The van der Waals surface area contributed by atoms with Gasteiger partial charge >= 0.3 is 6.09 Å². The lowest BCUT2D eigenvalue weighted by Gasteiger charge is -2.37. The lowest BCUT2D eigenvalue weighted by molar-refractivity contribution is -0.143. The minimum Gasteiger partial charge on any atom is -0.497 e. The number of hydrogen-bond donors (Lipinski definition) is 3. The Morgan fingerprint density at radius 1 is 1.09 bits per heavy atom. The van der Waals surface area contributed by atoms with Gasteiger partial charge in [-0.2, -0.15) is 0 Å². The Kier molecular flexibility index (Phi) is 11.2. The van der Waals surface area contributed by atoms with Crippen molar-refractivity contribution >= 4 is 79.4 Å². The Morgan fingerprint density at radius 2 is 1.77 bits per heavy atom. The zero-order valence-corrected chi connectivity index (χ0v) is 33.3. The van der Waals surface area contributed by atoms with Crippen LogP contribution >= 0.6 is 34.8 Å². The van der Waals surface area contributed by atoms with Gasteiger partial charge in [-0.1, -0.05) is 61.7 Å². The third-order valence-electron chi connectivity index (χ3n) is 9.72. The topological polar surface area (TPSA) is 182 Å². The van der Waals surface area contributed by atoms with E-state index in [0.29, 0.717) is 24.0 Å². The standard InChI is InChI=1S/C35H44Cl3N5O9S/c1-8-20-17-34(20,30(46)42-53(48,49)23-10-11-23)41-27(44)25-16-22(51-28-24-12-9-21(50-7)15-19(24)13-14-39-28)18-43(25)29(45)26(32(2,3)4)40-31(47)52-33(5,6)35(36,37)38/h8-9,12-15,20,22-23,25-26H,1,10-11,16-18H2,2-7H3,(H,40,47)(H,41,44)(H,42,46)/t20-,22?,25+,26-,34-/m1/s1. The first-order valence-electron chi connectivity index (χ1n) is 17.0. The molecule has 2 saturated carbocycles. The van der Waals surface area contributed by atoms with Gasteiger partial charge in [-0.3, -0.25) is 19.1 Å². The number of amides is 4. The number of aromatic nitrogens is 1. The number of benzene rings is 1. The molecule has 290 valence electrons. The molecule has 0 spiro atoms. The predicted octanol–water partition coefficient (Wildman–Crippen LogP) is 4.55. The summed E-state index contributed by atoms with van der Waals surface area (Å²) in [6, 6.07) is 4.64. The summed E-state index contributed by atoms with van der Waals surface area (Å²) in [7, 11) is -2.38. The molecule has 2 heterocycles. The molecule has 53 heavy (non-hydrogen) atoms. The number of carbonyl (C=O) groups excluding carboxylic acids is 4. The van der Waals surface area contributed by atoms with E-state index in [2.05, 4.69) is 26.9 Å². The van der Waals surface area contributed by atoms with Crippen molar-refractivity contribution in [1.29, 1.82) is 0 Å². The first kappa shape index (κ1) is 40.7. The van der Waals surface area contributed by atoms with Crippen LogP contribution < -0.4 is 24.8 Å². The Morgan fingerprint density at radius 3 is 2.34 bits per heavy atom. The predicted molar refractivity (Wildman–Crippen MR) is 199 cm³/mol. The third-order valence-corrected chi connectivity index (χ3v) is 12.9. The van der Waals surface area contributed by atoms with E-state index in [1.54, 1.807) is 52.3 Å². The molecule has 1 saturated heterocycles. The van der Waals surface area contributed by atoms with Gasteiger partial charge in [0, 0.05) is 23.9 Å². The Labute approximate surface area is 323 Å². The minimum absolute atomic E-state index is 0.0375. The van der Waals surface area contributed by atoms with Crippen LogP contribution in [0.2, 0.25) is 0 Å². The van der Waals surface area contributed by atoms with E-state index in [9.17, 15) is 27.6 Å². The van der Waals surface area contributed by atoms with Gasteiger partial charge in [0.2, 0.25) is 31.5 Å². The van der Waals surface area contributed by atoms with E-state index in [1.165, 1.54) is 24.8 Å². The molecule has 18 heteroatoms. The van der Waals surface area contributed by atoms with Gasteiger partial charge < -0.3 is 29.7 Å². The number of fused-ring (bicyclic) bond motifs is 1. The molecule has 1 aliphatic heterocycles. The molecular formula is C35H44Cl3N5O9S. The molecule has 0 bridgehead atoms. The fourth-order valence-corrected chi connectivity index (χ4v) is 7.63. The van der Waals surface area contributed by atoms with E-state index in [0.717, 1.165) is 5.39 Å². The van der Waals surface area contributed by atoms with E-state index in [4.69, 9.17) is 49.0 Å². The molecule has 1 aromatic heterocycles. The maximum atomic E-state index is 14.5. The number of hydrogen-bond acceptors (Lipinski definition) is 10. The van der Waals surface area contributed by atoms with Crippen LogP contribution in [0.4, 0.5) is 4.79 Å². The van der Waals surface area contributed by atoms with E-state index < -0.39 is 83.5 Å². The summed E-state index contributed by atoms with van der Waals surface area (Å²) in [4.78, 5) is 61.1. The van der Waals surface area contributed by atoms with Crippen LogP contribution in [0.5, 0.6) is 11.6 Å². The van der Waals surface area contributed by atoms with Crippen molar-refractivity contribution < 1.29 is 41.8 Å². The zero-order chi connectivity index (χ0) is 39.3. The average Bonchev–Trinajstić information content (AvgIpc) is 3.98. The summed E-state index contributed by atoms with van der Waals surface area (Å²) in [5, 5.41) is 6.11. The van der Waals surface area contributed by atoms with Crippen molar-refractivity contribution in [2.45, 2.75) is 98.7 Å². The van der Waals surface area contributed by atoms with Gasteiger partial charge in [0.1, 0.15) is 29.5 Å². The van der Waals surface area contributed by atoms with Crippen molar-refractivity contribution in [1.82, 2.24) is 25.2 Å². The molecule has 3 fully saturated rings. The minimum atomic E-state index is -3.93. The Bertz CT molecular complexity index is 1910. The molecule has 3 aliphatic rings. The molecule has 2 aliphatic carbocycles. The number of rotatable bonds is 12. The fourth-order valence-electron chi connectivity index (χ4n) is 6.15. The molecule has 1 aromatic carbocycles. The van der Waals surface area contributed by atoms with Crippen LogP contribution in [-0.2, 0) is 29.1 Å². The first-order chi connectivity index (χ1) is 24.5. The zero-order valence-electron chi connectivity index (χ0n) is 30.2. The third kappa shape index (κ3) is 8.73. The number of nitrogens with zero attached hydrogens (tertiary/aromatic N) is 2. The summed E-state index contributed by atoms with van der Waals surface area (Å²) in [6.45, 7) is 11.5. The van der Waals surface area contributed by atoms with Crippen LogP contribution in [0.15, 0.2) is 43.1 Å². The van der Waals surface area contributed by atoms with Gasteiger partial charge in [-0.15, -0.1) is 6.58 Å². The highest BCUT2D eigenvalue weighted by atomic mass is 35.6. The molecule has 3 N–H and O–H groups in total. The van der Waals surface area contributed by atoms with E-state index in [-0.39, 0.29) is 25.3 Å². The highest BCUT2D eigenvalue weighted by Gasteiger charge is 2.62. The Hall–Kier alpha value is -3.53. The summed E-state index contributed by atoms with van der Waals surface area (Å²) in [6.07, 6.45) is 2.15. The van der Waals surface area contributed by atoms with Crippen molar-refractivity contribution in [3.8, 4) is 11.6 Å². The smallest absolute Gasteiger partial charge is 0.408 e. The normalized spacial score (nSPS) is 23.8. The second kappa shape index (κ2) is 14.6. The van der Waals surface area contributed by atoms with Crippen molar-refractivity contribution in [3.05, 3.63) is 43.1 Å². The van der Waals surface area contributed by atoms with Crippen LogP contribution in [0.3, 0.4) is 0 Å². The van der Waals surface area contributed by atoms with Crippen LogP contribution in [0.25, 0.3) is 10.8 Å². The summed E-state index contributed by atoms with van der Waals surface area (Å²) in [5.41, 5.74) is -4.12. The van der Waals surface area contributed by atoms with Crippen LogP contribution in [-0.4, -0.2) is 94.1 Å². The van der Waals surface area contributed by atoms with Gasteiger partial charge in [0.15, 0.2) is 5.60 Å². The Balaban J connectivity index is 1.45. The number of sulfonamides is 1. The number of nitrogens with one attached hydrogen (secondary N) is 3. The summed E-state index contributed by atoms with van der Waals surface area (Å²) in [5.74, 6) is -1.95. The molecule has 1 unspecified atom stereocenters. The molecular weight excluding hydrogens is 773 g/mol. The van der Waals surface area contributed by atoms with Gasteiger partial charge in [-0.05, 0) is 68.2 Å². The lowest BCUT2D eigenvalue weighted by Crippen LogP contribution is -2.60. The molecule has 0 radical (unpaired) electrons. The van der Waals surface area contributed by atoms with E-state index in [1.807, 2.05) is 6.07 Å². The summed E-state index contributed by atoms with van der Waals surface area (Å²) >= 11 is 18.1. The number of methoxy groups -OCH3 is 1. The number of halogens is 3. The van der Waals surface area contributed by atoms with Crippen LogP contribution in [0.1, 0.15) is 60.3 Å². The first-order valence-corrected chi connectivity index (χ1v) is 19.7. The molecule has 5 atom stereocenters. The van der Waals surface area contributed by atoms with E-state index >= 15 is 0 Å². The molecule has 14 nitrogen and oxygen atoms in total. The van der Waals surface area contributed by atoms with Crippen LogP contribution in [0, 0.1) is 11.3 Å². The maximum absolute atomic E-state index is 14.5. The quantitative estimate of drug-likeness (QED) is 0.203. The number of alkyl carbamates (subject to hydrolysis) is 1. The number of carbonyl (C=O) groups is 4. The second-order valence-corrected chi connectivity index (χ2v) is 19.5. The molecule has 5 rings (SSSR count). The number of alkyl halides is 3. The van der Waals surface area contributed by atoms with Crippen molar-refractivity contribution in [2.24, 2.45) is 11.3 Å². The number of pyridine rings is 1. The fraction of sp³-hybridized carbons (Fsp3) is 0.571.